The van der Waals surface area contributed by atoms with Crippen LogP contribution in [0.3, 0.4) is 0 Å². The molecule has 0 saturated carbocycles. The van der Waals surface area contributed by atoms with E-state index in [9.17, 15) is 9.59 Å². The second kappa shape index (κ2) is 7.37. The molecule has 1 N–H and O–H groups in total. The molecule has 1 aliphatic rings. The lowest BCUT2D eigenvalue weighted by Gasteiger charge is -2.36. The van der Waals surface area contributed by atoms with Crippen LogP contribution < -0.4 is 0 Å². The molecule has 1 aromatic heterocycles. The van der Waals surface area contributed by atoms with Crippen LogP contribution in [0.4, 0.5) is 0 Å². The highest BCUT2D eigenvalue weighted by molar-refractivity contribution is 5.79. The Kier molecular flexibility index (Phi) is 5.51. The van der Waals surface area contributed by atoms with Crippen LogP contribution >= 0.6 is 0 Å². The average molecular weight is 311 g/mol. The minimum Gasteiger partial charge on any atom is -0.467 e. The standard InChI is InChI=1S/C14H21N3O5/c1-9-14(10(2)16-15-9)11-6-21-5-4-17(11)12(18)7-22-8-13(19)20-3/h11H,4-8H2,1-3H3,(H,15,16). The maximum Gasteiger partial charge on any atom is 0.331 e. The number of methoxy groups -OCH3 is 1. The summed E-state index contributed by atoms with van der Waals surface area (Å²) in [5, 5.41) is 7.09. The first-order valence-corrected chi connectivity index (χ1v) is 7.07. The predicted molar refractivity (Wildman–Crippen MR) is 76.2 cm³/mol. The summed E-state index contributed by atoms with van der Waals surface area (Å²) >= 11 is 0. The third-order valence-electron chi connectivity index (χ3n) is 3.64. The van der Waals surface area contributed by atoms with Crippen LogP contribution in [0.5, 0.6) is 0 Å². The van der Waals surface area contributed by atoms with Gasteiger partial charge in [-0.05, 0) is 13.8 Å². The third kappa shape index (κ3) is 3.63. The fourth-order valence-corrected chi connectivity index (χ4v) is 2.56. The van der Waals surface area contributed by atoms with Crippen molar-refractivity contribution in [3.05, 3.63) is 17.0 Å². The molecule has 1 amide bonds. The maximum absolute atomic E-state index is 12.4. The van der Waals surface area contributed by atoms with Gasteiger partial charge in [-0.1, -0.05) is 0 Å². The van der Waals surface area contributed by atoms with Crippen LogP contribution in [0, 0.1) is 13.8 Å². The predicted octanol–water partition coefficient (Wildman–Crippen LogP) is 0.116. The number of H-pyrrole nitrogens is 1. The van der Waals surface area contributed by atoms with E-state index >= 15 is 0 Å². The normalized spacial score (nSPS) is 18.3. The molecule has 1 saturated heterocycles. The van der Waals surface area contributed by atoms with Gasteiger partial charge < -0.3 is 19.1 Å². The van der Waals surface area contributed by atoms with Crippen molar-refractivity contribution in [1.82, 2.24) is 15.1 Å². The lowest BCUT2D eigenvalue weighted by molar-refractivity contribution is -0.151. The van der Waals surface area contributed by atoms with E-state index in [1.165, 1.54) is 7.11 Å². The Bertz CT molecular complexity index is 523. The number of morpholine rings is 1. The Labute approximate surface area is 128 Å². The van der Waals surface area contributed by atoms with Gasteiger partial charge in [0.2, 0.25) is 5.91 Å². The van der Waals surface area contributed by atoms with Gasteiger partial charge in [0.15, 0.2) is 0 Å². The highest BCUT2D eigenvalue weighted by Crippen LogP contribution is 2.28. The zero-order valence-corrected chi connectivity index (χ0v) is 13.0. The van der Waals surface area contributed by atoms with E-state index in [1.807, 2.05) is 13.8 Å². The summed E-state index contributed by atoms with van der Waals surface area (Å²) in [7, 11) is 1.27. The summed E-state index contributed by atoms with van der Waals surface area (Å²) in [5.74, 6) is -0.690. The molecule has 0 bridgehead atoms. The average Bonchev–Trinajstić information content (AvgIpc) is 2.85. The number of aromatic nitrogens is 2. The molecular formula is C14H21N3O5. The van der Waals surface area contributed by atoms with Gasteiger partial charge in [-0.2, -0.15) is 5.10 Å². The topological polar surface area (TPSA) is 93.8 Å². The highest BCUT2D eigenvalue weighted by atomic mass is 16.6. The van der Waals surface area contributed by atoms with Gasteiger partial charge in [-0.15, -0.1) is 0 Å². The number of aryl methyl sites for hydroxylation is 2. The van der Waals surface area contributed by atoms with E-state index in [-0.39, 0.29) is 25.2 Å². The number of carbonyl (C=O) groups excluding carboxylic acids is 2. The van der Waals surface area contributed by atoms with Crippen LogP contribution in [-0.2, 0) is 23.8 Å². The largest absolute Gasteiger partial charge is 0.467 e. The molecule has 22 heavy (non-hydrogen) atoms. The zero-order chi connectivity index (χ0) is 16.1. The molecular weight excluding hydrogens is 290 g/mol. The van der Waals surface area contributed by atoms with Crippen molar-refractivity contribution in [2.75, 3.05) is 40.1 Å². The molecule has 2 rings (SSSR count). The lowest BCUT2D eigenvalue weighted by Crippen LogP contribution is -2.45. The molecule has 0 aliphatic carbocycles. The van der Waals surface area contributed by atoms with Crippen LogP contribution in [-0.4, -0.2) is 67.1 Å². The number of esters is 1. The van der Waals surface area contributed by atoms with E-state index in [2.05, 4.69) is 14.9 Å². The van der Waals surface area contributed by atoms with Crippen molar-refractivity contribution >= 4 is 11.9 Å². The summed E-state index contributed by atoms with van der Waals surface area (Å²) in [6.45, 7) is 4.79. The Morgan fingerprint density at radius 3 is 2.82 bits per heavy atom. The molecule has 122 valence electrons. The Morgan fingerprint density at radius 2 is 2.18 bits per heavy atom. The van der Waals surface area contributed by atoms with Crippen LogP contribution in [0.15, 0.2) is 0 Å². The van der Waals surface area contributed by atoms with E-state index in [0.29, 0.717) is 19.8 Å². The number of rotatable bonds is 5. The number of nitrogens with one attached hydrogen (secondary N) is 1. The smallest absolute Gasteiger partial charge is 0.331 e. The lowest BCUT2D eigenvalue weighted by atomic mass is 10.0. The van der Waals surface area contributed by atoms with Gasteiger partial charge in [-0.25, -0.2) is 4.79 Å². The zero-order valence-electron chi connectivity index (χ0n) is 13.0. The fourth-order valence-electron chi connectivity index (χ4n) is 2.56. The number of amides is 1. The van der Waals surface area contributed by atoms with Crippen molar-refractivity contribution in [3.8, 4) is 0 Å². The van der Waals surface area contributed by atoms with E-state index in [1.54, 1.807) is 4.90 Å². The number of aromatic amines is 1. The molecule has 8 nitrogen and oxygen atoms in total. The van der Waals surface area contributed by atoms with Gasteiger partial charge in [0, 0.05) is 17.8 Å². The van der Waals surface area contributed by atoms with Crippen LogP contribution in [0.25, 0.3) is 0 Å². The first kappa shape index (κ1) is 16.4. The number of hydrogen-bond acceptors (Lipinski definition) is 6. The van der Waals surface area contributed by atoms with E-state index in [0.717, 1.165) is 17.0 Å². The molecule has 8 heteroatoms. The summed E-state index contributed by atoms with van der Waals surface area (Å²) in [4.78, 5) is 25.1. The van der Waals surface area contributed by atoms with Gasteiger partial charge >= 0.3 is 5.97 Å². The summed E-state index contributed by atoms with van der Waals surface area (Å²) in [6.07, 6.45) is 0. The van der Waals surface area contributed by atoms with Crippen molar-refractivity contribution in [3.63, 3.8) is 0 Å². The van der Waals surface area contributed by atoms with Crippen molar-refractivity contribution in [2.45, 2.75) is 19.9 Å². The van der Waals surface area contributed by atoms with Gasteiger partial charge in [0.1, 0.15) is 13.2 Å². The Morgan fingerprint density at radius 1 is 1.41 bits per heavy atom. The Hall–Kier alpha value is -1.93. The first-order chi connectivity index (χ1) is 10.5. The van der Waals surface area contributed by atoms with Crippen molar-refractivity contribution < 1.29 is 23.8 Å². The van der Waals surface area contributed by atoms with Crippen molar-refractivity contribution in [2.24, 2.45) is 0 Å². The number of carbonyl (C=O) groups is 2. The van der Waals surface area contributed by atoms with E-state index < -0.39 is 5.97 Å². The molecule has 1 aromatic rings. The third-order valence-corrected chi connectivity index (χ3v) is 3.64. The summed E-state index contributed by atoms with van der Waals surface area (Å²) in [5.41, 5.74) is 2.74. The van der Waals surface area contributed by atoms with Gasteiger partial charge in [0.05, 0.1) is 32.1 Å². The molecule has 0 aromatic carbocycles. The minimum absolute atomic E-state index is 0.165. The maximum atomic E-state index is 12.4. The monoisotopic (exact) mass is 311 g/mol. The number of ether oxygens (including phenoxy) is 3. The summed E-state index contributed by atoms with van der Waals surface area (Å²) < 4.78 is 15.1. The minimum atomic E-state index is -0.507. The molecule has 0 radical (unpaired) electrons. The van der Waals surface area contributed by atoms with Crippen molar-refractivity contribution in [1.29, 1.82) is 0 Å². The van der Waals surface area contributed by atoms with Crippen LogP contribution in [0.2, 0.25) is 0 Å². The fraction of sp³-hybridized carbons (Fsp3) is 0.643. The molecule has 1 atom stereocenters. The Balaban J connectivity index is 2.03. The highest BCUT2D eigenvalue weighted by Gasteiger charge is 2.31. The quantitative estimate of drug-likeness (QED) is 0.776. The molecule has 1 fully saturated rings. The number of hydrogen-bond donors (Lipinski definition) is 1. The molecule has 1 aliphatic heterocycles. The van der Waals surface area contributed by atoms with E-state index in [4.69, 9.17) is 9.47 Å². The first-order valence-electron chi connectivity index (χ1n) is 7.07. The molecule has 2 heterocycles. The summed E-state index contributed by atoms with van der Waals surface area (Å²) in [6, 6.07) is -0.193. The second-order valence-electron chi connectivity index (χ2n) is 5.09. The molecule has 0 spiro atoms. The second-order valence-corrected chi connectivity index (χ2v) is 5.09. The van der Waals surface area contributed by atoms with Crippen LogP contribution in [0.1, 0.15) is 23.0 Å². The van der Waals surface area contributed by atoms with Gasteiger partial charge in [-0.3, -0.25) is 9.89 Å². The number of nitrogens with zero attached hydrogens (tertiary/aromatic N) is 2. The SMILES string of the molecule is COC(=O)COCC(=O)N1CCOCC1c1c(C)n[nH]c1C. The molecule has 1 unspecified atom stereocenters. The van der Waals surface area contributed by atoms with Gasteiger partial charge in [0.25, 0.3) is 0 Å².